The summed E-state index contributed by atoms with van der Waals surface area (Å²) in [7, 11) is 0. The Labute approximate surface area is 159 Å². The van der Waals surface area contributed by atoms with E-state index in [9.17, 15) is 4.79 Å². The van der Waals surface area contributed by atoms with Gasteiger partial charge in [-0.05, 0) is 37.8 Å². The molecule has 5 nitrogen and oxygen atoms in total. The molecule has 26 heavy (non-hydrogen) atoms. The van der Waals surface area contributed by atoms with Crippen molar-refractivity contribution in [3.05, 3.63) is 23.3 Å². The van der Waals surface area contributed by atoms with E-state index in [0.29, 0.717) is 6.54 Å². The van der Waals surface area contributed by atoms with Crippen LogP contribution in [0.25, 0.3) is 10.2 Å². The van der Waals surface area contributed by atoms with Gasteiger partial charge >= 0.3 is 0 Å². The molecular weight excluding hydrogens is 346 g/mol. The lowest BCUT2D eigenvalue weighted by atomic mass is 9.84. The molecular formula is C20H27N3O2S. The van der Waals surface area contributed by atoms with Crippen molar-refractivity contribution in [2.45, 2.75) is 33.1 Å². The quantitative estimate of drug-likeness (QED) is 0.806. The summed E-state index contributed by atoms with van der Waals surface area (Å²) in [6.07, 6.45) is 3.22. The predicted molar refractivity (Wildman–Crippen MR) is 106 cm³/mol. The van der Waals surface area contributed by atoms with Gasteiger partial charge in [-0.1, -0.05) is 29.9 Å². The van der Waals surface area contributed by atoms with Crippen LogP contribution in [-0.2, 0) is 9.53 Å². The molecule has 1 aromatic heterocycles. The Hall–Kier alpha value is -1.50. The van der Waals surface area contributed by atoms with Crippen molar-refractivity contribution in [3.63, 3.8) is 0 Å². The first-order valence-electron chi connectivity index (χ1n) is 9.61. The van der Waals surface area contributed by atoms with E-state index in [0.717, 1.165) is 56.3 Å². The first kappa shape index (κ1) is 17.9. The van der Waals surface area contributed by atoms with E-state index in [4.69, 9.17) is 9.72 Å². The summed E-state index contributed by atoms with van der Waals surface area (Å²) in [5.41, 5.74) is 3.46. The normalized spacial score (nSPS) is 18.8. The fourth-order valence-electron chi connectivity index (χ4n) is 3.61. The summed E-state index contributed by atoms with van der Waals surface area (Å²) in [6, 6.07) is 4.26. The van der Waals surface area contributed by atoms with Crippen LogP contribution >= 0.6 is 11.3 Å². The number of hydrogen-bond acceptors (Lipinski definition) is 5. The Morgan fingerprint density at radius 2 is 2.00 bits per heavy atom. The van der Waals surface area contributed by atoms with Gasteiger partial charge in [-0.3, -0.25) is 14.6 Å². The third-order valence-electron chi connectivity index (χ3n) is 5.63. The van der Waals surface area contributed by atoms with Gasteiger partial charge in [0.1, 0.15) is 0 Å². The van der Waals surface area contributed by atoms with Crippen LogP contribution in [0.1, 0.15) is 30.4 Å². The molecule has 0 N–H and O–H groups in total. The minimum atomic E-state index is 0.189. The predicted octanol–water partition coefficient (Wildman–Crippen LogP) is 3.38. The lowest BCUT2D eigenvalue weighted by molar-refractivity contribution is -0.124. The van der Waals surface area contributed by atoms with Crippen LogP contribution in [0.4, 0.5) is 5.13 Å². The fourth-order valence-corrected chi connectivity index (χ4v) is 4.75. The summed E-state index contributed by atoms with van der Waals surface area (Å²) in [5, 5.41) is 0.863. The standard InChI is InChI=1S/C20H27N3O2S/c1-14-6-7-15(2)18-17(14)21-20(26-18)23(19(24)16-4-3-5-16)9-8-22-10-12-25-13-11-22/h6-7,16H,3-5,8-13H2,1-2H3. The third kappa shape index (κ3) is 3.50. The second-order valence-corrected chi connectivity index (χ2v) is 8.42. The number of aromatic nitrogens is 1. The molecule has 1 saturated carbocycles. The number of ether oxygens (including phenoxy) is 1. The number of amides is 1. The first-order chi connectivity index (χ1) is 12.6. The minimum Gasteiger partial charge on any atom is -0.379 e. The fraction of sp³-hybridized carbons (Fsp3) is 0.600. The minimum absolute atomic E-state index is 0.189. The highest BCUT2D eigenvalue weighted by Gasteiger charge is 2.32. The van der Waals surface area contributed by atoms with Gasteiger partial charge in [0.15, 0.2) is 5.13 Å². The Morgan fingerprint density at radius 1 is 1.27 bits per heavy atom. The SMILES string of the molecule is Cc1ccc(C)c2sc(N(CCN3CCOCC3)C(=O)C3CCC3)nc12. The third-order valence-corrected chi connectivity index (χ3v) is 6.84. The summed E-state index contributed by atoms with van der Waals surface area (Å²) < 4.78 is 6.64. The van der Waals surface area contributed by atoms with Gasteiger partial charge in [0.05, 0.1) is 23.4 Å². The van der Waals surface area contributed by atoms with Crippen molar-refractivity contribution in [2.24, 2.45) is 5.92 Å². The second-order valence-electron chi connectivity index (χ2n) is 7.45. The molecule has 1 aliphatic heterocycles. The van der Waals surface area contributed by atoms with Crippen molar-refractivity contribution in [1.82, 2.24) is 9.88 Å². The monoisotopic (exact) mass is 373 g/mol. The molecule has 4 rings (SSSR count). The Balaban J connectivity index is 1.60. The van der Waals surface area contributed by atoms with Gasteiger partial charge in [0.2, 0.25) is 5.91 Å². The van der Waals surface area contributed by atoms with Crippen molar-refractivity contribution >= 4 is 32.6 Å². The van der Waals surface area contributed by atoms with Gasteiger partial charge in [-0.2, -0.15) is 0 Å². The van der Waals surface area contributed by atoms with Crippen molar-refractivity contribution in [3.8, 4) is 0 Å². The number of thiazole rings is 1. The highest BCUT2D eigenvalue weighted by Crippen LogP contribution is 2.36. The molecule has 140 valence electrons. The van der Waals surface area contributed by atoms with Crippen LogP contribution in [0.5, 0.6) is 0 Å². The molecule has 0 bridgehead atoms. The van der Waals surface area contributed by atoms with E-state index in [2.05, 4.69) is 30.9 Å². The van der Waals surface area contributed by atoms with Crippen LogP contribution in [0, 0.1) is 19.8 Å². The average molecular weight is 374 g/mol. The highest BCUT2D eigenvalue weighted by molar-refractivity contribution is 7.22. The number of aryl methyl sites for hydroxylation is 2. The Kier molecular flexibility index (Phi) is 5.25. The molecule has 1 aromatic carbocycles. The number of fused-ring (bicyclic) bond motifs is 1. The summed E-state index contributed by atoms with van der Waals surface area (Å²) in [4.78, 5) is 22.3. The van der Waals surface area contributed by atoms with Crippen molar-refractivity contribution < 1.29 is 9.53 Å². The number of nitrogens with zero attached hydrogens (tertiary/aromatic N) is 3. The maximum absolute atomic E-state index is 13.1. The van der Waals surface area contributed by atoms with E-state index in [-0.39, 0.29) is 11.8 Å². The van der Waals surface area contributed by atoms with Crippen LogP contribution in [0.3, 0.4) is 0 Å². The maximum atomic E-state index is 13.1. The highest BCUT2D eigenvalue weighted by atomic mass is 32.1. The number of anilines is 1. The molecule has 1 saturated heterocycles. The van der Waals surface area contributed by atoms with E-state index in [1.165, 1.54) is 22.2 Å². The van der Waals surface area contributed by atoms with E-state index in [1.54, 1.807) is 11.3 Å². The molecule has 0 radical (unpaired) electrons. The number of carbonyl (C=O) groups is 1. The van der Waals surface area contributed by atoms with Crippen LogP contribution in [0.15, 0.2) is 12.1 Å². The van der Waals surface area contributed by atoms with Gasteiger partial charge < -0.3 is 4.74 Å². The first-order valence-corrected chi connectivity index (χ1v) is 10.4. The molecule has 0 spiro atoms. The molecule has 0 unspecified atom stereocenters. The van der Waals surface area contributed by atoms with Crippen molar-refractivity contribution in [2.75, 3.05) is 44.3 Å². The number of rotatable bonds is 5. The number of benzene rings is 1. The molecule has 2 heterocycles. The van der Waals surface area contributed by atoms with E-state index >= 15 is 0 Å². The van der Waals surface area contributed by atoms with Gasteiger partial charge in [0, 0.05) is 32.1 Å². The molecule has 0 atom stereocenters. The lowest BCUT2D eigenvalue weighted by Crippen LogP contribution is -2.45. The number of morpholine rings is 1. The molecule has 1 amide bonds. The van der Waals surface area contributed by atoms with Crippen molar-refractivity contribution in [1.29, 1.82) is 0 Å². The topological polar surface area (TPSA) is 45.7 Å². The van der Waals surface area contributed by atoms with Crippen LogP contribution < -0.4 is 4.90 Å². The zero-order valence-electron chi connectivity index (χ0n) is 15.7. The molecule has 1 aliphatic carbocycles. The summed E-state index contributed by atoms with van der Waals surface area (Å²) in [5.74, 6) is 0.452. The maximum Gasteiger partial charge on any atom is 0.231 e. The summed E-state index contributed by atoms with van der Waals surface area (Å²) >= 11 is 1.66. The zero-order valence-corrected chi connectivity index (χ0v) is 16.5. The molecule has 2 aliphatic rings. The number of carbonyl (C=O) groups excluding carboxylic acids is 1. The van der Waals surface area contributed by atoms with Gasteiger partial charge in [0.25, 0.3) is 0 Å². The Morgan fingerprint density at radius 3 is 2.65 bits per heavy atom. The number of hydrogen-bond donors (Lipinski definition) is 0. The lowest BCUT2D eigenvalue weighted by Gasteiger charge is -2.33. The molecule has 2 aromatic rings. The molecule has 6 heteroatoms. The molecule has 2 fully saturated rings. The van der Waals surface area contributed by atoms with E-state index in [1.807, 2.05) is 4.90 Å². The van der Waals surface area contributed by atoms with Gasteiger partial charge in [-0.25, -0.2) is 4.98 Å². The van der Waals surface area contributed by atoms with E-state index < -0.39 is 0 Å². The smallest absolute Gasteiger partial charge is 0.231 e. The Bertz CT molecular complexity index is 755. The second kappa shape index (κ2) is 7.62. The van der Waals surface area contributed by atoms with Crippen LogP contribution in [0.2, 0.25) is 0 Å². The zero-order chi connectivity index (χ0) is 18.1. The van der Waals surface area contributed by atoms with Crippen LogP contribution in [-0.4, -0.2) is 55.2 Å². The summed E-state index contributed by atoms with van der Waals surface area (Å²) in [6.45, 7) is 9.29. The average Bonchev–Trinajstić information content (AvgIpc) is 3.04. The van der Waals surface area contributed by atoms with Gasteiger partial charge in [-0.15, -0.1) is 0 Å². The largest absolute Gasteiger partial charge is 0.379 e.